The molecular formula is C18H25BClNO4. The van der Waals surface area contributed by atoms with Crippen LogP contribution in [0.3, 0.4) is 0 Å². The summed E-state index contributed by atoms with van der Waals surface area (Å²) in [7, 11) is -0.491. The van der Waals surface area contributed by atoms with Crippen LogP contribution in [-0.4, -0.2) is 54.9 Å². The van der Waals surface area contributed by atoms with Gasteiger partial charge in [-0.3, -0.25) is 4.79 Å². The van der Waals surface area contributed by atoms with E-state index in [2.05, 4.69) is 0 Å². The van der Waals surface area contributed by atoms with Crippen molar-refractivity contribution in [3.63, 3.8) is 0 Å². The van der Waals surface area contributed by atoms with Crippen molar-refractivity contribution in [2.24, 2.45) is 0 Å². The molecule has 3 rings (SSSR count). The second-order valence-electron chi connectivity index (χ2n) is 7.76. The van der Waals surface area contributed by atoms with Gasteiger partial charge in [0, 0.05) is 13.1 Å². The molecule has 5 nitrogen and oxygen atoms in total. The van der Waals surface area contributed by atoms with Gasteiger partial charge in [0.1, 0.15) is 0 Å². The molecule has 25 heavy (non-hydrogen) atoms. The molecule has 0 spiro atoms. The van der Waals surface area contributed by atoms with Crippen molar-refractivity contribution >= 4 is 30.1 Å². The van der Waals surface area contributed by atoms with E-state index >= 15 is 0 Å². The monoisotopic (exact) mass is 365 g/mol. The number of halogens is 1. The first-order valence-electron chi connectivity index (χ1n) is 8.67. The van der Waals surface area contributed by atoms with E-state index in [-0.39, 0.29) is 12.0 Å². The van der Waals surface area contributed by atoms with E-state index in [0.717, 1.165) is 5.46 Å². The Morgan fingerprint density at radius 3 is 2.44 bits per heavy atom. The zero-order chi connectivity index (χ0) is 18.4. The van der Waals surface area contributed by atoms with Crippen LogP contribution in [0.2, 0.25) is 5.02 Å². The summed E-state index contributed by atoms with van der Waals surface area (Å²) in [6.45, 7) is 11.7. The lowest BCUT2D eigenvalue weighted by atomic mass is 9.79. The minimum atomic E-state index is -0.491. The molecule has 1 atom stereocenters. The summed E-state index contributed by atoms with van der Waals surface area (Å²) < 4.78 is 17.6. The number of hydrogen-bond donors (Lipinski definition) is 0. The molecule has 1 aromatic carbocycles. The third-order valence-electron chi connectivity index (χ3n) is 5.28. The van der Waals surface area contributed by atoms with E-state index < -0.39 is 18.3 Å². The van der Waals surface area contributed by atoms with E-state index in [9.17, 15) is 4.79 Å². The molecule has 2 aliphatic heterocycles. The number of carbonyl (C=O) groups excluding carboxylic acids is 1. The Hall–Kier alpha value is -1.08. The second kappa shape index (κ2) is 6.58. The van der Waals surface area contributed by atoms with E-state index in [1.807, 2.05) is 40.7 Å². The molecule has 2 saturated heterocycles. The van der Waals surface area contributed by atoms with Gasteiger partial charge < -0.3 is 18.9 Å². The van der Waals surface area contributed by atoms with Gasteiger partial charge in [0.25, 0.3) is 5.91 Å². The van der Waals surface area contributed by atoms with Gasteiger partial charge in [0.15, 0.2) is 0 Å². The highest BCUT2D eigenvalue weighted by atomic mass is 35.5. The first-order chi connectivity index (χ1) is 11.6. The molecule has 7 heteroatoms. The molecule has 2 aliphatic rings. The summed E-state index contributed by atoms with van der Waals surface area (Å²) in [5.41, 5.74) is 0.483. The molecule has 1 unspecified atom stereocenters. The maximum absolute atomic E-state index is 12.7. The minimum Gasteiger partial charge on any atom is -0.399 e. The number of amides is 1. The quantitative estimate of drug-likeness (QED) is 0.756. The van der Waals surface area contributed by atoms with Crippen LogP contribution in [0.15, 0.2) is 18.2 Å². The average Bonchev–Trinajstić information content (AvgIpc) is 2.75. The Bertz CT molecular complexity index is 663. The van der Waals surface area contributed by atoms with Gasteiger partial charge in [-0.15, -0.1) is 0 Å². The molecule has 0 N–H and O–H groups in total. The molecule has 0 radical (unpaired) electrons. The molecule has 136 valence electrons. The zero-order valence-electron chi connectivity index (χ0n) is 15.5. The predicted molar refractivity (Wildman–Crippen MR) is 98.5 cm³/mol. The Morgan fingerprint density at radius 1 is 1.24 bits per heavy atom. The lowest BCUT2D eigenvalue weighted by Crippen LogP contribution is -2.44. The van der Waals surface area contributed by atoms with Crippen LogP contribution >= 0.6 is 11.6 Å². The second-order valence-corrected chi connectivity index (χ2v) is 8.17. The Labute approximate surface area is 154 Å². The number of nitrogens with zero attached hydrogens (tertiary/aromatic N) is 1. The molecule has 0 bridgehead atoms. The molecule has 2 fully saturated rings. The summed E-state index contributed by atoms with van der Waals surface area (Å²) in [5.74, 6) is -0.0689. The predicted octanol–water partition coefficient (Wildman–Crippen LogP) is 2.50. The average molecular weight is 366 g/mol. The molecule has 2 heterocycles. The summed E-state index contributed by atoms with van der Waals surface area (Å²) in [4.78, 5) is 14.5. The largest absolute Gasteiger partial charge is 0.494 e. The van der Waals surface area contributed by atoms with Crippen molar-refractivity contribution < 1.29 is 18.8 Å². The summed E-state index contributed by atoms with van der Waals surface area (Å²) in [6, 6.07) is 5.37. The Morgan fingerprint density at radius 2 is 1.88 bits per heavy atom. The third-order valence-corrected chi connectivity index (χ3v) is 5.59. The fourth-order valence-electron chi connectivity index (χ4n) is 3.00. The molecule has 1 aromatic rings. The van der Waals surface area contributed by atoms with Crippen molar-refractivity contribution in [3.8, 4) is 0 Å². The first-order valence-corrected chi connectivity index (χ1v) is 9.04. The number of morpholine rings is 1. The van der Waals surface area contributed by atoms with E-state index in [4.69, 9.17) is 25.6 Å². The van der Waals surface area contributed by atoms with Crippen LogP contribution in [0.25, 0.3) is 0 Å². The van der Waals surface area contributed by atoms with Crippen LogP contribution in [-0.2, 0) is 14.0 Å². The zero-order valence-corrected chi connectivity index (χ0v) is 16.2. The number of rotatable bonds is 2. The van der Waals surface area contributed by atoms with Gasteiger partial charge >= 0.3 is 7.12 Å². The molecular weight excluding hydrogens is 340 g/mol. The molecule has 1 amide bonds. The maximum Gasteiger partial charge on any atom is 0.494 e. The normalized spacial score (nSPS) is 25.3. The Kier molecular flexibility index (Phi) is 4.92. The van der Waals surface area contributed by atoms with E-state index in [1.165, 1.54) is 0 Å². The number of carbonyl (C=O) groups is 1. The standard InChI is InChI=1S/C18H25BClNO4/c1-12-11-21(8-9-23-12)16(22)14-7-6-13(10-15(14)20)19-24-17(2,3)18(4,5)25-19/h6-7,10,12H,8-9,11H2,1-5H3. The lowest BCUT2D eigenvalue weighted by Gasteiger charge is -2.32. The molecule has 0 aliphatic carbocycles. The van der Waals surface area contributed by atoms with Crippen molar-refractivity contribution in [3.05, 3.63) is 28.8 Å². The van der Waals surface area contributed by atoms with Crippen LogP contribution < -0.4 is 5.46 Å². The van der Waals surface area contributed by atoms with Gasteiger partial charge in [0.2, 0.25) is 0 Å². The van der Waals surface area contributed by atoms with E-state index in [1.54, 1.807) is 17.0 Å². The van der Waals surface area contributed by atoms with Gasteiger partial charge in [-0.05, 0) is 52.2 Å². The number of ether oxygens (including phenoxy) is 1. The molecule has 0 saturated carbocycles. The SMILES string of the molecule is CC1CN(C(=O)c2ccc(B3OC(C)(C)C(C)(C)O3)cc2Cl)CCO1. The highest BCUT2D eigenvalue weighted by Gasteiger charge is 2.51. The van der Waals surface area contributed by atoms with Crippen LogP contribution in [0.1, 0.15) is 45.0 Å². The van der Waals surface area contributed by atoms with Crippen molar-refractivity contribution in [1.29, 1.82) is 0 Å². The van der Waals surface area contributed by atoms with Crippen LogP contribution in [0.5, 0.6) is 0 Å². The lowest BCUT2D eigenvalue weighted by molar-refractivity contribution is -0.0124. The van der Waals surface area contributed by atoms with Crippen LogP contribution in [0.4, 0.5) is 0 Å². The summed E-state index contributed by atoms with van der Waals surface area (Å²) in [6.07, 6.45) is 0.0421. The topological polar surface area (TPSA) is 48.0 Å². The van der Waals surface area contributed by atoms with Gasteiger partial charge in [-0.2, -0.15) is 0 Å². The smallest absolute Gasteiger partial charge is 0.399 e. The fraction of sp³-hybridized carbons (Fsp3) is 0.611. The van der Waals surface area contributed by atoms with Gasteiger partial charge in [0.05, 0.1) is 34.5 Å². The van der Waals surface area contributed by atoms with Crippen molar-refractivity contribution in [1.82, 2.24) is 4.90 Å². The van der Waals surface area contributed by atoms with E-state index in [0.29, 0.717) is 30.3 Å². The summed E-state index contributed by atoms with van der Waals surface area (Å²) in [5, 5.41) is 0.413. The van der Waals surface area contributed by atoms with Gasteiger partial charge in [-0.25, -0.2) is 0 Å². The maximum atomic E-state index is 12.7. The molecule has 0 aromatic heterocycles. The van der Waals surface area contributed by atoms with Crippen LogP contribution in [0, 0.1) is 0 Å². The highest BCUT2D eigenvalue weighted by molar-refractivity contribution is 6.62. The summed E-state index contributed by atoms with van der Waals surface area (Å²) >= 11 is 6.41. The van der Waals surface area contributed by atoms with Crippen molar-refractivity contribution in [2.75, 3.05) is 19.7 Å². The fourth-order valence-corrected chi connectivity index (χ4v) is 3.27. The number of hydrogen-bond acceptors (Lipinski definition) is 4. The number of benzene rings is 1. The van der Waals surface area contributed by atoms with Crippen molar-refractivity contribution in [2.45, 2.75) is 51.9 Å². The highest BCUT2D eigenvalue weighted by Crippen LogP contribution is 2.36. The Balaban J connectivity index is 1.79. The van der Waals surface area contributed by atoms with Gasteiger partial charge in [-0.1, -0.05) is 17.7 Å². The minimum absolute atomic E-state index is 0.0421. The first kappa shape index (κ1) is 18.7. The third kappa shape index (κ3) is 3.58.